The summed E-state index contributed by atoms with van der Waals surface area (Å²) in [5.41, 5.74) is 4.39. The number of nitrogens with zero attached hydrogens (tertiary/aromatic N) is 3. The molecule has 0 aliphatic carbocycles. The first-order chi connectivity index (χ1) is 13.8. The molecule has 0 N–H and O–H groups in total. The van der Waals surface area contributed by atoms with Crippen molar-refractivity contribution in [1.82, 2.24) is 14.7 Å². The van der Waals surface area contributed by atoms with Gasteiger partial charge in [0.2, 0.25) is 0 Å². The Balaban J connectivity index is 1.95. The molecule has 1 aliphatic heterocycles. The van der Waals surface area contributed by atoms with Crippen LogP contribution in [0.15, 0.2) is 24.3 Å². The third-order valence-corrected chi connectivity index (χ3v) is 5.43. The van der Waals surface area contributed by atoms with Crippen LogP contribution in [0.2, 0.25) is 0 Å². The standard InChI is InChI=1S/C23H31N3O3/c1-6-29-23(28)18-10-8-12-25(14-18)22(27)20-17(5)24-26(21(20)15(2)3)19-11-7-9-16(4)13-19/h7,9,11,13,15,18H,6,8,10,12,14H2,1-5H3/t18-/m1/s1. The molecule has 0 saturated carbocycles. The number of carbonyl (C=O) groups excluding carboxylic acids is 2. The molecule has 6 heteroatoms. The van der Waals surface area contributed by atoms with Crippen molar-refractivity contribution in [2.24, 2.45) is 5.92 Å². The van der Waals surface area contributed by atoms with Gasteiger partial charge in [0.05, 0.1) is 35.2 Å². The van der Waals surface area contributed by atoms with E-state index in [2.05, 4.69) is 19.9 Å². The lowest BCUT2D eigenvalue weighted by Gasteiger charge is -2.32. The fraction of sp³-hybridized carbons (Fsp3) is 0.522. The number of piperidine rings is 1. The summed E-state index contributed by atoms with van der Waals surface area (Å²) < 4.78 is 7.08. The Kier molecular flexibility index (Phi) is 6.40. The van der Waals surface area contributed by atoms with Crippen molar-refractivity contribution in [3.63, 3.8) is 0 Å². The van der Waals surface area contributed by atoms with Gasteiger partial charge in [-0.05, 0) is 57.2 Å². The van der Waals surface area contributed by atoms with Crippen LogP contribution in [0, 0.1) is 19.8 Å². The Morgan fingerprint density at radius 3 is 2.69 bits per heavy atom. The fourth-order valence-electron chi connectivity index (χ4n) is 4.07. The number of hydrogen-bond donors (Lipinski definition) is 0. The van der Waals surface area contributed by atoms with E-state index < -0.39 is 0 Å². The molecular weight excluding hydrogens is 366 g/mol. The minimum atomic E-state index is -0.248. The van der Waals surface area contributed by atoms with E-state index in [1.165, 1.54) is 0 Å². The first kappa shape index (κ1) is 21.1. The normalized spacial score (nSPS) is 16.9. The van der Waals surface area contributed by atoms with Gasteiger partial charge in [-0.3, -0.25) is 9.59 Å². The fourth-order valence-corrected chi connectivity index (χ4v) is 4.07. The van der Waals surface area contributed by atoms with Crippen molar-refractivity contribution in [2.45, 2.75) is 53.4 Å². The topological polar surface area (TPSA) is 64.4 Å². The zero-order valence-corrected chi connectivity index (χ0v) is 18.1. The first-order valence-electron chi connectivity index (χ1n) is 10.5. The molecule has 156 valence electrons. The summed E-state index contributed by atoms with van der Waals surface area (Å²) in [5, 5.41) is 4.72. The highest BCUT2D eigenvalue weighted by Gasteiger charge is 2.33. The Morgan fingerprint density at radius 2 is 2.03 bits per heavy atom. The second-order valence-corrected chi connectivity index (χ2v) is 8.09. The monoisotopic (exact) mass is 397 g/mol. The molecule has 1 aromatic heterocycles. The molecule has 29 heavy (non-hydrogen) atoms. The second kappa shape index (κ2) is 8.80. The second-order valence-electron chi connectivity index (χ2n) is 8.09. The smallest absolute Gasteiger partial charge is 0.310 e. The Labute approximate surface area is 172 Å². The number of ether oxygens (including phenoxy) is 1. The zero-order valence-electron chi connectivity index (χ0n) is 18.1. The highest BCUT2D eigenvalue weighted by Crippen LogP contribution is 2.29. The zero-order chi connectivity index (χ0) is 21.1. The van der Waals surface area contributed by atoms with E-state index in [1.807, 2.05) is 43.7 Å². The van der Waals surface area contributed by atoms with E-state index in [1.54, 1.807) is 4.90 Å². The van der Waals surface area contributed by atoms with Crippen LogP contribution in [0.5, 0.6) is 0 Å². The maximum Gasteiger partial charge on any atom is 0.310 e. The molecule has 1 fully saturated rings. The molecular formula is C23H31N3O3. The van der Waals surface area contributed by atoms with Crippen LogP contribution >= 0.6 is 0 Å². The van der Waals surface area contributed by atoms with Crippen LogP contribution in [0.1, 0.15) is 66.8 Å². The summed E-state index contributed by atoms with van der Waals surface area (Å²) in [6, 6.07) is 8.13. The van der Waals surface area contributed by atoms with Gasteiger partial charge < -0.3 is 9.64 Å². The van der Waals surface area contributed by atoms with E-state index in [-0.39, 0.29) is 23.7 Å². The van der Waals surface area contributed by atoms with Crippen molar-refractivity contribution >= 4 is 11.9 Å². The number of carbonyl (C=O) groups is 2. The molecule has 1 aromatic carbocycles. The van der Waals surface area contributed by atoms with Gasteiger partial charge in [-0.2, -0.15) is 5.10 Å². The molecule has 0 radical (unpaired) electrons. The van der Waals surface area contributed by atoms with Gasteiger partial charge in [-0.15, -0.1) is 0 Å². The van der Waals surface area contributed by atoms with Crippen LogP contribution in [-0.2, 0) is 9.53 Å². The Hall–Kier alpha value is -2.63. The highest BCUT2D eigenvalue weighted by atomic mass is 16.5. The van der Waals surface area contributed by atoms with Crippen molar-refractivity contribution in [2.75, 3.05) is 19.7 Å². The van der Waals surface area contributed by atoms with Crippen LogP contribution in [0.4, 0.5) is 0 Å². The Bertz CT molecular complexity index is 901. The molecule has 0 spiro atoms. The number of hydrogen-bond acceptors (Lipinski definition) is 4. The predicted molar refractivity (Wildman–Crippen MR) is 112 cm³/mol. The maximum absolute atomic E-state index is 13.5. The minimum absolute atomic E-state index is 0.0425. The number of likely N-dealkylation sites (tertiary alicyclic amines) is 1. The minimum Gasteiger partial charge on any atom is -0.466 e. The quantitative estimate of drug-likeness (QED) is 0.715. The molecule has 1 saturated heterocycles. The molecule has 3 rings (SSSR count). The summed E-state index contributed by atoms with van der Waals surface area (Å²) in [6.07, 6.45) is 1.57. The summed E-state index contributed by atoms with van der Waals surface area (Å²) in [7, 11) is 0. The third-order valence-electron chi connectivity index (χ3n) is 5.43. The predicted octanol–water partition coefficient (Wildman–Crippen LogP) is 4.03. The van der Waals surface area contributed by atoms with Crippen LogP contribution < -0.4 is 0 Å². The average Bonchev–Trinajstić information content (AvgIpc) is 3.05. The van der Waals surface area contributed by atoms with Crippen molar-refractivity contribution in [3.05, 3.63) is 46.8 Å². The van der Waals surface area contributed by atoms with Crippen LogP contribution in [0.3, 0.4) is 0 Å². The summed E-state index contributed by atoms with van der Waals surface area (Å²) in [5.74, 6) is -0.371. The molecule has 0 bridgehead atoms. The van der Waals surface area contributed by atoms with Crippen molar-refractivity contribution in [1.29, 1.82) is 0 Å². The first-order valence-corrected chi connectivity index (χ1v) is 10.5. The van der Waals surface area contributed by atoms with E-state index >= 15 is 0 Å². The molecule has 0 unspecified atom stereocenters. The summed E-state index contributed by atoms with van der Waals surface area (Å²) >= 11 is 0. The largest absolute Gasteiger partial charge is 0.466 e. The number of aromatic nitrogens is 2. The van der Waals surface area contributed by atoms with Gasteiger partial charge >= 0.3 is 5.97 Å². The number of amides is 1. The van der Waals surface area contributed by atoms with Gasteiger partial charge in [-0.25, -0.2) is 4.68 Å². The lowest BCUT2D eigenvalue weighted by molar-refractivity contribution is -0.149. The van der Waals surface area contributed by atoms with Gasteiger partial charge in [0.25, 0.3) is 5.91 Å². The number of aryl methyl sites for hydroxylation is 2. The van der Waals surface area contributed by atoms with E-state index in [9.17, 15) is 9.59 Å². The highest BCUT2D eigenvalue weighted by molar-refractivity contribution is 5.97. The van der Waals surface area contributed by atoms with Crippen LogP contribution in [-0.4, -0.2) is 46.3 Å². The van der Waals surface area contributed by atoms with Gasteiger partial charge in [0.1, 0.15) is 0 Å². The van der Waals surface area contributed by atoms with E-state index in [0.717, 1.165) is 35.5 Å². The molecule has 1 aliphatic rings. The summed E-state index contributed by atoms with van der Waals surface area (Å²) in [6.45, 7) is 11.3. The molecule has 1 atom stereocenters. The van der Waals surface area contributed by atoms with E-state index in [4.69, 9.17) is 9.84 Å². The maximum atomic E-state index is 13.5. The number of rotatable bonds is 5. The lowest BCUT2D eigenvalue weighted by Crippen LogP contribution is -2.43. The number of esters is 1. The Morgan fingerprint density at radius 1 is 1.28 bits per heavy atom. The van der Waals surface area contributed by atoms with E-state index in [0.29, 0.717) is 25.3 Å². The molecule has 2 aromatic rings. The molecule has 6 nitrogen and oxygen atoms in total. The van der Waals surface area contributed by atoms with Gasteiger partial charge in [0, 0.05) is 13.1 Å². The van der Waals surface area contributed by atoms with Crippen molar-refractivity contribution in [3.8, 4) is 5.69 Å². The SMILES string of the molecule is CCOC(=O)[C@@H]1CCCN(C(=O)c2c(C)nn(-c3cccc(C)c3)c2C(C)C)C1. The molecule has 2 heterocycles. The summed E-state index contributed by atoms with van der Waals surface area (Å²) in [4.78, 5) is 27.5. The van der Waals surface area contributed by atoms with Gasteiger partial charge in [-0.1, -0.05) is 26.0 Å². The lowest BCUT2D eigenvalue weighted by atomic mass is 9.96. The molecule has 1 amide bonds. The third kappa shape index (κ3) is 4.36. The average molecular weight is 398 g/mol. The van der Waals surface area contributed by atoms with Crippen LogP contribution in [0.25, 0.3) is 5.69 Å². The van der Waals surface area contributed by atoms with Gasteiger partial charge in [0.15, 0.2) is 0 Å². The van der Waals surface area contributed by atoms with Crippen molar-refractivity contribution < 1.29 is 14.3 Å². The number of benzene rings is 1.